The zero-order valence-corrected chi connectivity index (χ0v) is 19.7. The van der Waals surface area contributed by atoms with Gasteiger partial charge in [0.25, 0.3) is 11.7 Å². The Morgan fingerprint density at radius 1 is 1.16 bits per heavy atom. The Balaban J connectivity index is 2.12. The predicted molar refractivity (Wildman–Crippen MR) is 124 cm³/mol. The third kappa shape index (κ3) is 4.72. The van der Waals surface area contributed by atoms with Crippen molar-refractivity contribution in [3.8, 4) is 0 Å². The van der Waals surface area contributed by atoms with Gasteiger partial charge in [-0.3, -0.25) is 9.59 Å². The van der Waals surface area contributed by atoms with Gasteiger partial charge < -0.3 is 14.9 Å². The van der Waals surface area contributed by atoms with Crippen LogP contribution in [0, 0.1) is 13.8 Å². The Morgan fingerprint density at radius 3 is 2.38 bits per heavy atom. The Hall–Kier alpha value is -3.06. The number of hydrogen-bond acceptors (Lipinski definition) is 6. The lowest BCUT2D eigenvalue weighted by Crippen LogP contribution is -2.32. The van der Waals surface area contributed by atoms with Crippen molar-refractivity contribution in [3.63, 3.8) is 0 Å². The molecule has 1 aromatic heterocycles. The summed E-state index contributed by atoms with van der Waals surface area (Å²) >= 11 is 0. The van der Waals surface area contributed by atoms with Crippen molar-refractivity contribution in [2.24, 2.45) is 0 Å². The highest BCUT2D eigenvalue weighted by Gasteiger charge is 2.46. The van der Waals surface area contributed by atoms with E-state index in [-0.39, 0.29) is 11.3 Å². The molecular weight excluding hydrogens is 404 g/mol. The van der Waals surface area contributed by atoms with Crippen LogP contribution >= 0.6 is 0 Å². The van der Waals surface area contributed by atoms with Crippen LogP contribution in [0.5, 0.6) is 0 Å². The first kappa shape index (κ1) is 23.6. The fraction of sp³-hybridized carbons (Fsp3) is 0.440. The fourth-order valence-electron chi connectivity index (χ4n) is 4.04. The quantitative estimate of drug-likeness (QED) is 0.406. The first-order chi connectivity index (χ1) is 15.1. The van der Waals surface area contributed by atoms with Crippen molar-refractivity contribution in [3.05, 3.63) is 64.2 Å². The molecule has 7 nitrogen and oxygen atoms in total. The highest BCUT2D eigenvalue weighted by molar-refractivity contribution is 6.46. The number of likely N-dealkylation sites (tertiary alicyclic amines) is 1. The maximum Gasteiger partial charge on any atom is 0.295 e. The van der Waals surface area contributed by atoms with E-state index >= 15 is 0 Å². The number of hydrogen-bond donors (Lipinski definition) is 1. The number of amides is 1. The summed E-state index contributed by atoms with van der Waals surface area (Å²) in [4.78, 5) is 38.2. The summed E-state index contributed by atoms with van der Waals surface area (Å²) in [5, 5.41) is 11.2. The topological polar surface area (TPSA) is 86.6 Å². The molecule has 170 valence electrons. The normalized spacial score (nSPS) is 18.2. The van der Waals surface area contributed by atoms with Crippen LogP contribution in [0.25, 0.3) is 5.76 Å². The minimum atomic E-state index is -0.676. The van der Waals surface area contributed by atoms with E-state index in [0.29, 0.717) is 36.0 Å². The minimum Gasteiger partial charge on any atom is -0.507 e. The zero-order valence-electron chi connectivity index (χ0n) is 19.7. The van der Waals surface area contributed by atoms with Crippen molar-refractivity contribution in [1.82, 2.24) is 19.8 Å². The van der Waals surface area contributed by atoms with Gasteiger partial charge in [-0.15, -0.1) is 0 Å². The molecule has 7 heteroatoms. The van der Waals surface area contributed by atoms with Crippen molar-refractivity contribution in [2.45, 2.75) is 46.1 Å². The second kappa shape index (κ2) is 9.61. The summed E-state index contributed by atoms with van der Waals surface area (Å²) < 4.78 is 0. The van der Waals surface area contributed by atoms with E-state index in [0.717, 1.165) is 12.1 Å². The number of aryl methyl sites for hydroxylation is 2. The molecular formula is C25H32N4O3. The number of carbonyl (C=O) groups excluding carboxylic acids is 2. The lowest BCUT2D eigenvalue weighted by atomic mass is 9.93. The second-order valence-corrected chi connectivity index (χ2v) is 8.89. The van der Waals surface area contributed by atoms with E-state index in [9.17, 15) is 14.7 Å². The van der Waals surface area contributed by atoms with Gasteiger partial charge in [-0.05, 0) is 58.0 Å². The van der Waals surface area contributed by atoms with E-state index < -0.39 is 17.7 Å². The molecule has 0 spiro atoms. The number of ketones is 1. The zero-order chi connectivity index (χ0) is 23.6. The standard InChI is InChI=1S/C25H32N4O3/c1-15(2)18-8-10-19(11-9-18)22-21(23(30)20-14-26-17(4)27-16(20)3)24(31)25(32)29(22)13-7-12-28(5)6/h8-11,14-15,22,30H,7,12-13H2,1-6H3/b23-21+/t22-/m0/s1. The second-order valence-electron chi connectivity index (χ2n) is 8.89. The number of aliphatic hydroxyl groups is 1. The van der Waals surface area contributed by atoms with Gasteiger partial charge >= 0.3 is 0 Å². The lowest BCUT2D eigenvalue weighted by Gasteiger charge is -2.26. The van der Waals surface area contributed by atoms with Gasteiger partial charge in [0.15, 0.2) is 0 Å². The molecule has 32 heavy (non-hydrogen) atoms. The van der Waals surface area contributed by atoms with Crippen molar-refractivity contribution in [2.75, 3.05) is 27.2 Å². The van der Waals surface area contributed by atoms with Gasteiger partial charge in [-0.25, -0.2) is 9.97 Å². The average molecular weight is 437 g/mol. The van der Waals surface area contributed by atoms with Crippen LogP contribution in [0.4, 0.5) is 0 Å². The molecule has 1 aromatic carbocycles. The van der Waals surface area contributed by atoms with Crippen LogP contribution in [0.15, 0.2) is 36.0 Å². The number of Topliss-reactive ketones (excluding diaryl/α,β-unsaturated/α-hetero) is 1. The largest absolute Gasteiger partial charge is 0.507 e. The van der Waals surface area contributed by atoms with Gasteiger partial charge in [0.05, 0.1) is 22.9 Å². The number of rotatable bonds is 7. The molecule has 2 heterocycles. The molecule has 1 atom stereocenters. The summed E-state index contributed by atoms with van der Waals surface area (Å²) in [5.41, 5.74) is 2.98. The summed E-state index contributed by atoms with van der Waals surface area (Å²) in [6, 6.07) is 7.26. The predicted octanol–water partition coefficient (Wildman–Crippen LogP) is 3.59. The molecule has 0 radical (unpaired) electrons. The average Bonchev–Trinajstić information content (AvgIpc) is 2.98. The third-order valence-corrected chi connectivity index (χ3v) is 5.82. The summed E-state index contributed by atoms with van der Waals surface area (Å²) in [6.07, 6.45) is 2.22. The van der Waals surface area contributed by atoms with Crippen LogP contribution in [0.3, 0.4) is 0 Å². The summed E-state index contributed by atoms with van der Waals surface area (Å²) in [6.45, 7) is 8.94. The minimum absolute atomic E-state index is 0.0905. The van der Waals surface area contributed by atoms with Crippen LogP contribution < -0.4 is 0 Å². The highest BCUT2D eigenvalue weighted by atomic mass is 16.3. The van der Waals surface area contributed by atoms with Crippen molar-refractivity contribution >= 4 is 17.4 Å². The Morgan fingerprint density at radius 2 is 1.81 bits per heavy atom. The number of aromatic nitrogens is 2. The van der Waals surface area contributed by atoms with Crippen molar-refractivity contribution < 1.29 is 14.7 Å². The summed E-state index contributed by atoms with van der Waals surface area (Å²) in [7, 11) is 3.94. The van der Waals surface area contributed by atoms with Crippen LogP contribution in [-0.2, 0) is 9.59 Å². The van der Waals surface area contributed by atoms with Crippen LogP contribution in [0.2, 0.25) is 0 Å². The number of aliphatic hydroxyl groups excluding tert-OH is 1. The van der Waals surface area contributed by atoms with Crippen LogP contribution in [-0.4, -0.2) is 63.7 Å². The monoisotopic (exact) mass is 436 g/mol. The summed E-state index contributed by atoms with van der Waals surface area (Å²) in [5.74, 6) is -0.556. The van der Waals surface area contributed by atoms with Gasteiger partial charge in [0.1, 0.15) is 11.6 Å². The lowest BCUT2D eigenvalue weighted by molar-refractivity contribution is -0.139. The molecule has 1 N–H and O–H groups in total. The van der Waals surface area contributed by atoms with E-state index in [2.05, 4.69) is 23.8 Å². The molecule has 0 bridgehead atoms. The van der Waals surface area contributed by atoms with E-state index in [1.807, 2.05) is 43.3 Å². The molecule has 0 aliphatic carbocycles. The maximum atomic E-state index is 13.1. The Kier molecular flexibility index (Phi) is 7.09. The SMILES string of the molecule is Cc1ncc(/C(O)=C2\C(=O)C(=O)N(CCCN(C)C)[C@H]2c2ccc(C(C)C)cc2)c(C)n1. The first-order valence-electron chi connectivity index (χ1n) is 11.0. The first-order valence-corrected chi connectivity index (χ1v) is 11.0. The maximum absolute atomic E-state index is 13.1. The van der Waals surface area contributed by atoms with E-state index in [1.165, 1.54) is 11.8 Å². The molecule has 0 saturated carbocycles. The Bertz CT molecular complexity index is 1040. The molecule has 1 amide bonds. The molecule has 1 saturated heterocycles. The van der Waals surface area contributed by atoms with E-state index in [4.69, 9.17) is 0 Å². The molecule has 0 unspecified atom stereocenters. The fourth-order valence-corrected chi connectivity index (χ4v) is 4.04. The molecule has 3 rings (SSSR count). The van der Waals surface area contributed by atoms with Crippen LogP contribution in [0.1, 0.15) is 60.4 Å². The van der Waals surface area contributed by atoms with Gasteiger partial charge in [0.2, 0.25) is 0 Å². The smallest absolute Gasteiger partial charge is 0.295 e. The van der Waals surface area contributed by atoms with Crippen molar-refractivity contribution in [1.29, 1.82) is 0 Å². The third-order valence-electron chi connectivity index (χ3n) is 5.82. The van der Waals surface area contributed by atoms with Gasteiger partial charge in [-0.2, -0.15) is 0 Å². The molecule has 2 aromatic rings. The highest BCUT2D eigenvalue weighted by Crippen LogP contribution is 2.40. The number of carbonyl (C=O) groups is 2. The molecule has 1 fully saturated rings. The molecule has 1 aliphatic rings. The number of nitrogens with zero attached hydrogens (tertiary/aromatic N) is 4. The number of benzene rings is 1. The van der Waals surface area contributed by atoms with E-state index in [1.54, 1.807) is 18.7 Å². The van der Waals surface area contributed by atoms with Gasteiger partial charge in [-0.1, -0.05) is 38.1 Å². The van der Waals surface area contributed by atoms with Gasteiger partial charge in [0, 0.05) is 12.7 Å². The molecule has 1 aliphatic heterocycles. The Labute approximate surface area is 189 Å².